The smallest absolute Gasteiger partial charge is 0.354 e. The third-order valence-corrected chi connectivity index (χ3v) is 4.03. The van der Waals surface area contributed by atoms with Crippen LogP contribution >= 0.6 is 0 Å². The molecule has 0 radical (unpaired) electrons. The van der Waals surface area contributed by atoms with Gasteiger partial charge in [0.1, 0.15) is 5.82 Å². The first-order valence-corrected chi connectivity index (χ1v) is 8.73. The van der Waals surface area contributed by atoms with Crippen molar-refractivity contribution in [1.82, 2.24) is 15.3 Å². The summed E-state index contributed by atoms with van der Waals surface area (Å²) in [6.45, 7) is 0. The van der Waals surface area contributed by atoms with Gasteiger partial charge in [-0.05, 0) is 23.8 Å². The number of urea groups is 1. The highest BCUT2D eigenvalue weighted by Gasteiger charge is 2.41. The first kappa shape index (κ1) is 20.8. The maximum Gasteiger partial charge on any atom is 0.412 e. The van der Waals surface area contributed by atoms with E-state index in [1.807, 2.05) is 5.32 Å². The summed E-state index contributed by atoms with van der Waals surface area (Å²) in [4.78, 5) is 20.1. The molecule has 0 bridgehead atoms. The van der Waals surface area contributed by atoms with Crippen LogP contribution in [0.25, 0.3) is 0 Å². The van der Waals surface area contributed by atoms with Crippen LogP contribution < -0.4 is 16.0 Å². The van der Waals surface area contributed by atoms with Crippen molar-refractivity contribution in [1.29, 1.82) is 5.41 Å². The van der Waals surface area contributed by atoms with Gasteiger partial charge in [0.05, 0.1) is 11.9 Å². The second kappa shape index (κ2) is 9.03. The molecular formula is C20H17F3N6O. The monoisotopic (exact) mass is 414 g/mol. The van der Waals surface area contributed by atoms with Crippen molar-refractivity contribution in [3.8, 4) is 0 Å². The number of nitrogens with one attached hydrogen (secondary N) is 4. The Hall–Kier alpha value is -3.95. The van der Waals surface area contributed by atoms with E-state index >= 15 is 0 Å². The number of alkyl halides is 3. The van der Waals surface area contributed by atoms with Gasteiger partial charge in [0.2, 0.25) is 0 Å². The number of halogens is 3. The van der Waals surface area contributed by atoms with Crippen LogP contribution in [0, 0.1) is 5.41 Å². The fraction of sp³-hybridized carbons (Fsp3) is 0.100. The predicted molar refractivity (Wildman–Crippen MR) is 107 cm³/mol. The summed E-state index contributed by atoms with van der Waals surface area (Å²) in [6, 6.07) is 8.63. The minimum atomic E-state index is -4.68. The van der Waals surface area contributed by atoms with Gasteiger partial charge in [0.15, 0.2) is 6.04 Å². The molecule has 3 rings (SSSR count). The number of carbonyl (C=O) groups is 1. The number of pyridine rings is 2. The van der Waals surface area contributed by atoms with Gasteiger partial charge in [-0.2, -0.15) is 13.2 Å². The first-order chi connectivity index (χ1) is 14.4. The van der Waals surface area contributed by atoms with E-state index in [1.54, 1.807) is 30.6 Å². The molecule has 154 valence electrons. The maximum absolute atomic E-state index is 13.4. The number of aromatic nitrogens is 2. The van der Waals surface area contributed by atoms with Crippen molar-refractivity contribution < 1.29 is 18.0 Å². The number of hydrogen-bond acceptors (Lipinski definition) is 5. The van der Waals surface area contributed by atoms with Gasteiger partial charge in [-0.3, -0.25) is 10.3 Å². The van der Waals surface area contributed by atoms with E-state index in [2.05, 4.69) is 20.6 Å². The molecule has 2 amide bonds. The lowest BCUT2D eigenvalue weighted by Crippen LogP contribution is -2.40. The average Bonchev–Trinajstić information content (AvgIpc) is 2.73. The summed E-state index contributed by atoms with van der Waals surface area (Å²) < 4.78 is 40.1. The lowest BCUT2D eigenvalue weighted by atomic mass is 10.1. The molecule has 0 unspecified atom stereocenters. The Morgan fingerprint density at radius 1 is 1.10 bits per heavy atom. The molecule has 0 saturated heterocycles. The Morgan fingerprint density at radius 2 is 1.80 bits per heavy atom. The zero-order valence-electron chi connectivity index (χ0n) is 15.4. The van der Waals surface area contributed by atoms with Crippen molar-refractivity contribution >= 4 is 29.4 Å². The van der Waals surface area contributed by atoms with Crippen LogP contribution in [0.1, 0.15) is 17.2 Å². The van der Waals surface area contributed by atoms with Crippen LogP contribution in [0.15, 0.2) is 67.1 Å². The van der Waals surface area contributed by atoms with E-state index in [4.69, 9.17) is 5.41 Å². The molecule has 2 heterocycles. The van der Waals surface area contributed by atoms with Gasteiger partial charge in [-0.15, -0.1) is 0 Å². The number of rotatable bonds is 6. The number of amides is 2. The minimum absolute atomic E-state index is 0.000245. The fourth-order valence-electron chi connectivity index (χ4n) is 2.64. The van der Waals surface area contributed by atoms with E-state index in [9.17, 15) is 18.0 Å². The number of benzene rings is 1. The van der Waals surface area contributed by atoms with Crippen molar-refractivity contribution in [3.63, 3.8) is 0 Å². The van der Waals surface area contributed by atoms with Gasteiger partial charge in [-0.1, -0.05) is 30.3 Å². The first-order valence-electron chi connectivity index (χ1n) is 8.73. The minimum Gasteiger partial charge on any atom is -0.354 e. The third kappa shape index (κ3) is 5.31. The topological polar surface area (TPSA) is 103 Å². The largest absolute Gasteiger partial charge is 0.412 e. The molecule has 10 heteroatoms. The molecular weight excluding hydrogens is 397 g/mol. The lowest BCUT2D eigenvalue weighted by molar-refractivity contribution is -0.154. The summed E-state index contributed by atoms with van der Waals surface area (Å²) in [5.74, 6) is 0.000245. The van der Waals surface area contributed by atoms with Crippen LogP contribution in [0.3, 0.4) is 0 Å². The van der Waals surface area contributed by atoms with E-state index < -0.39 is 18.2 Å². The molecule has 2 aromatic heterocycles. The van der Waals surface area contributed by atoms with E-state index in [1.165, 1.54) is 36.5 Å². The quantitative estimate of drug-likeness (QED) is 0.441. The number of hydrogen-bond donors (Lipinski definition) is 4. The molecule has 30 heavy (non-hydrogen) atoms. The molecule has 1 aromatic carbocycles. The van der Waals surface area contributed by atoms with Crippen molar-refractivity contribution in [2.24, 2.45) is 0 Å². The maximum atomic E-state index is 13.4. The normalized spacial score (nSPS) is 12.0. The van der Waals surface area contributed by atoms with Crippen LogP contribution in [0.4, 0.5) is 35.2 Å². The van der Waals surface area contributed by atoms with E-state index in [0.717, 1.165) is 6.21 Å². The molecule has 4 N–H and O–H groups in total. The Kier molecular flexibility index (Phi) is 6.26. The summed E-state index contributed by atoms with van der Waals surface area (Å²) in [5, 5.41) is 14.8. The van der Waals surface area contributed by atoms with Crippen LogP contribution in [-0.2, 0) is 0 Å². The fourth-order valence-corrected chi connectivity index (χ4v) is 2.64. The third-order valence-electron chi connectivity index (χ3n) is 4.03. The molecule has 0 aliphatic carbocycles. The number of anilines is 3. The predicted octanol–water partition coefficient (Wildman–Crippen LogP) is 4.64. The van der Waals surface area contributed by atoms with Gasteiger partial charge in [0.25, 0.3) is 0 Å². The van der Waals surface area contributed by atoms with Crippen molar-refractivity contribution in [2.45, 2.75) is 12.2 Å². The zero-order chi connectivity index (χ0) is 21.6. The second-order valence-corrected chi connectivity index (χ2v) is 6.15. The zero-order valence-corrected chi connectivity index (χ0v) is 15.4. The van der Waals surface area contributed by atoms with Crippen LogP contribution in [0.5, 0.6) is 0 Å². The Morgan fingerprint density at radius 3 is 2.43 bits per heavy atom. The summed E-state index contributed by atoms with van der Waals surface area (Å²) in [6.07, 6.45) is 0.907. The van der Waals surface area contributed by atoms with Crippen LogP contribution in [-0.4, -0.2) is 28.4 Å². The summed E-state index contributed by atoms with van der Waals surface area (Å²) >= 11 is 0. The van der Waals surface area contributed by atoms with Crippen LogP contribution in [0.2, 0.25) is 0 Å². The highest BCUT2D eigenvalue weighted by molar-refractivity contribution is 5.92. The SMILES string of the molecule is N=Cc1cc(NC(=O)N[C@@H](c2ccccc2)C(F)(F)F)ncc1Nc1ccncc1. The van der Waals surface area contributed by atoms with Crippen molar-refractivity contribution in [2.75, 3.05) is 10.6 Å². The summed E-state index contributed by atoms with van der Waals surface area (Å²) in [5.41, 5.74) is 1.49. The van der Waals surface area contributed by atoms with Gasteiger partial charge in [0, 0.05) is 29.9 Å². The average molecular weight is 414 g/mol. The highest BCUT2D eigenvalue weighted by Crippen LogP contribution is 2.32. The number of nitrogens with zero attached hydrogens (tertiary/aromatic N) is 2. The summed E-state index contributed by atoms with van der Waals surface area (Å²) in [7, 11) is 0. The molecule has 0 spiro atoms. The van der Waals surface area contributed by atoms with Crippen molar-refractivity contribution in [3.05, 3.63) is 78.2 Å². The highest BCUT2D eigenvalue weighted by atomic mass is 19.4. The molecule has 1 atom stereocenters. The van der Waals surface area contributed by atoms with Gasteiger partial charge >= 0.3 is 12.2 Å². The second-order valence-electron chi connectivity index (χ2n) is 6.15. The molecule has 0 aliphatic rings. The van der Waals surface area contributed by atoms with E-state index in [-0.39, 0.29) is 11.4 Å². The Bertz CT molecular complexity index is 1010. The standard InChI is InChI=1S/C20H17F3N6O/c21-20(22,23)18(13-4-2-1-3-5-13)29-19(30)28-17-10-14(11-24)16(12-26-17)27-15-6-8-25-9-7-15/h1-12,18,24H,(H,25,27)(H2,26,28,29,30)/t18-/m0/s1. The van der Waals surface area contributed by atoms with Gasteiger partial charge < -0.3 is 16.0 Å². The van der Waals surface area contributed by atoms with Gasteiger partial charge in [-0.25, -0.2) is 9.78 Å². The molecule has 7 nitrogen and oxygen atoms in total. The Labute approximate surface area is 169 Å². The van der Waals surface area contributed by atoms with E-state index in [0.29, 0.717) is 16.9 Å². The molecule has 0 saturated carbocycles. The Balaban J connectivity index is 1.73. The molecule has 3 aromatic rings. The number of carbonyl (C=O) groups excluding carboxylic acids is 1. The lowest BCUT2D eigenvalue weighted by Gasteiger charge is -2.22. The molecule has 0 aliphatic heterocycles. The molecule has 0 fully saturated rings.